The number of hydrogen-bond donors (Lipinski definition) is 4. The fraction of sp³-hybridized carbons (Fsp3) is 0.583. The molecule has 0 aliphatic heterocycles. The third kappa shape index (κ3) is 4.70. The van der Waals surface area contributed by atoms with Crippen molar-refractivity contribution in [3.05, 3.63) is 11.9 Å². The summed E-state index contributed by atoms with van der Waals surface area (Å²) >= 11 is 0. The average molecular weight is 266 g/mol. The molecular weight excluding hydrogens is 244 g/mol. The minimum Gasteiger partial charge on any atom is -0.369 e. The van der Waals surface area contributed by atoms with Gasteiger partial charge in [0.05, 0.1) is 0 Å². The zero-order valence-electron chi connectivity index (χ0n) is 11.9. The molecule has 1 aromatic rings. The van der Waals surface area contributed by atoms with Gasteiger partial charge in [-0.25, -0.2) is 15.8 Å². The van der Waals surface area contributed by atoms with E-state index in [2.05, 4.69) is 26.0 Å². The fourth-order valence-corrected chi connectivity index (χ4v) is 1.38. The molecule has 0 aliphatic carbocycles. The first kappa shape index (κ1) is 15.2. The van der Waals surface area contributed by atoms with E-state index < -0.39 is 0 Å². The summed E-state index contributed by atoms with van der Waals surface area (Å²) in [4.78, 5) is 19.9. The van der Waals surface area contributed by atoms with Gasteiger partial charge in [0, 0.05) is 31.5 Å². The van der Waals surface area contributed by atoms with E-state index in [1.165, 1.54) is 0 Å². The van der Waals surface area contributed by atoms with Gasteiger partial charge in [-0.3, -0.25) is 4.79 Å². The van der Waals surface area contributed by atoms with Crippen molar-refractivity contribution in [1.82, 2.24) is 15.3 Å². The minimum atomic E-state index is -0.177. The molecule has 1 heterocycles. The van der Waals surface area contributed by atoms with Crippen LogP contribution in [0.25, 0.3) is 0 Å². The number of amides is 1. The van der Waals surface area contributed by atoms with E-state index in [1.807, 2.05) is 20.8 Å². The maximum atomic E-state index is 11.1. The van der Waals surface area contributed by atoms with Gasteiger partial charge in [-0.15, -0.1) is 0 Å². The summed E-state index contributed by atoms with van der Waals surface area (Å²) in [7, 11) is 1.61. The normalized spacial score (nSPS) is 11.0. The van der Waals surface area contributed by atoms with Gasteiger partial charge in [-0.05, 0) is 0 Å². The molecule has 106 valence electrons. The topological polar surface area (TPSA) is 105 Å². The molecule has 1 amide bonds. The number of anilines is 2. The van der Waals surface area contributed by atoms with E-state index in [4.69, 9.17) is 5.84 Å². The Morgan fingerprint density at radius 3 is 2.47 bits per heavy atom. The number of nitrogen functional groups attached to an aromatic ring is 1. The minimum absolute atomic E-state index is 0.0187. The highest BCUT2D eigenvalue weighted by Gasteiger charge is 2.19. The van der Waals surface area contributed by atoms with Crippen LogP contribution in [0.1, 0.15) is 33.0 Å². The summed E-state index contributed by atoms with van der Waals surface area (Å²) in [6, 6.07) is 1.71. The monoisotopic (exact) mass is 266 g/mol. The van der Waals surface area contributed by atoms with Crippen molar-refractivity contribution in [2.24, 2.45) is 5.84 Å². The molecule has 5 N–H and O–H groups in total. The molecule has 7 heteroatoms. The van der Waals surface area contributed by atoms with E-state index in [1.54, 1.807) is 13.1 Å². The number of hydrazine groups is 1. The van der Waals surface area contributed by atoms with Gasteiger partial charge >= 0.3 is 0 Å². The molecular formula is C12H22N6O. The van der Waals surface area contributed by atoms with Crippen molar-refractivity contribution in [3.8, 4) is 0 Å². The van der Waals surface area contributed by atoms with Crippen LogP contribution >= 0.6 is 0 Å². The molecule has 1 rings (SSSR count). The molecule has 0 saturated heterocycles. The van der Waals surface area contributed by atoms with Crippen LogP contribution in [0, 0.1) is 0 Å². The van der Waals surface area contributed by atoms with Crippen LogP contribution in [0.2, 0.25) is 0 Å². The lowest BCUT2D eigenvalue weighted by Gasteiger charge is -2.18. The molecule has 0 aliphatic rings. The van der Waals surface area contributed by atoms with Crippen molar-refractivity contribution in [2.45, 2.75) is 32.6 Å². The molecule has 0 fully saturated rings. The first-order chi connectivity index (χ1) is 8.86. The van der Waals surface area contributed by atoms with E-state index >= 15 is 0 Å². The van der Waals surface area contributed by atoms with Gasteiger partial charge in [0.1, 0.15) is 17.5 Å². The SMILES string of the molecule is CNC(=O)CCNc1cc(NN)nc(C(C)(C)C)n1. The second kappa shape index (κ2) is 6.33. The summed E-state index contributed by atoms with van der Waals surface area (Å²) in [5.41, 5.74) is 2.34. The lowest BCUT2D eigenvalue weighted by molar-refractivity contribution is -0.120. The summed E-state index contributed by atoms with van der Waals surface area (Å²) in [6.45, 7) is 6.58. The van der Waals surface area contributed by atoms with Crippen molar-refractivity contribution >= 4 is 17.5 Å². The number of rotatable bonds is 5. The summed E-state index contributed by atoms with van der Waals surface area (Å²) in [5, 5.41) is 5.65. The first-order valence-electron chi connectivity index (χ1n) is 6.17. The smallest absolute Gasteiger partial charge is 0.221 e. The predicted octanol–water partition coefficient (Wildman–Crippen LogP) is 0.608. The highest BCUT2D eigenvalue weighted by Crippen LogP contribution is 2.21. The quantitative estimate of drug-likeness (QED) is 0.460. The summed E-state index contributed by atoms with van der Waals surface area (Å²) < 4.78 is 0. The molecule has 7 nitrogen and oxygen atoms in total. The second-order valence-electron chi connectivity index (χ2n) is 5.21. The average Bonchev–Trinajstić information content (AvgIpc) is 2.37. The highest BCUT2D eigenvalue weighted by molar-refractivity contribution is 5.76. The highest BCUT2D eigenvalue weighted by atomic mass is 16.1. The molecule has 19 heavy (non-hydrogen) atoms. The van der Waals surface area contributed by atoms with Gasteiger partial charge in [0.25, 0.3) is 0 Å². The maximum absolute atomic E-state index is 11.1. The molecule has 1 aromatic heterocycles. The Bertz CT molecular complexity index is 440. The Morgan fingerprint density at radius 2 is 1.95 bits per heavy atom. The number of nitrogens with two attached hydrogens (primary N) is 1. The van der Waals surface area contributed by atoms with E-state index in [-0.39, 0.29) is 11.3 Å². The standard InChI is InChI=1S/C12H22N6O/c1-12(2,3)11-16-8(7-9(17-11)18-13)15-6-5-10(19)14-4/h7H,5-6,13H2,1-4H3,(H,14,19)(H2,15,16,17,18). The van der Waals surface area contributed by atoms with Crippen molar-refractivity contribution in [2.75, 3.05) is 24.3 Å². The Morgan fingerprint density at radius 1 is 1.32 bits per heavy atom. The van der Waals surface area contributed by atoms with Crippen LogP contribution in [0.5, 0.6) is 0 Å². The Balaban J connectivity index is 2.80. The molecule has 0 unspecified atom stereocenters. The summed E-state index contributed by atoms with van der Waals surface area (Å²) in [5.74, 6) is 7.26. The molecule has 0 aromatic carbocycles. The van der Waals surface area contributed by atoms with E-state index in [0.29, 0.717) is 30.4 Å². The van der Waals surface area contributed by atoms with Gasteiger partial charge in [0.2, 0.25) is 5.91 Å². The zero-order chi connectivity index (χ0) is 14.5. The fourth-order valence-electron chi connectivity index (χ4n) is 1.38. The van der Waals surface area contributed by atoms with Crippen LogP contribution in [-0.4, -0.2) is 29.5 Å². The largest absolute Gasteiger partial charge is 0.369 e. The number of aromatic nitrogens is 2. The van der Waals surface area contributed by atoms with Gasteiger partial charge in [-0.1, -0.05) is 20.8 Å². The molecule has 0 saturated carbocycles. The zero-order valence-corrected chi connectivity index (χ0v) is 11.9. The molecule has 0 spiro atoms. The number of hydrogen-bond acceptors (Lipinski definition) is 6. The predicted molar refractivity (Wildman–Crippen MR) is 75.7 cm³/mol. The van der Waals surface area contributed by atoms with Crippen LogP contribution in [0.3, 0.4) is 0 Å². The number of carbonyl (C=O) groups is 1. The number of nitrogens with zero attached hydrogens (tertiary/aromatic N) is 2. The molecule has 0 radical (unpaired) electrons. The van der Waals surface area contributed by atoms with Gasteiger partial charge in [0.15, 0.2) is 0 Å². The van der Waals surface area contributed by atoms with Crippen molar-refractivity contribution in [3.63, 3.8) is 0 Å². The molecule has 0 bridgehead atoms. The summed E-state index contributed by atoms with van der Waals surface area (Å²) in [6.07, 6.45) is 0.386. The maximum Gasteiger partial charge on any atom is 0.221 e. The van der Waals surface area contributed by atoms with Crippen molar-refractivity contribution in [1.29, 1.82) is 0 Å². The third-order valence-electron chi connectivity index (χ3n) is 2.48. The van der Waals surface area contributed by atoms with Crippen LogP contribution in [-0.2, 0) is 10.2 Å². The van der Waals surface area contributed by atoms with Gasteiger partial charge < -0.3 is 16.1 Å². The Hall–Kier alpha value is -1.89. The van der Waals surface area contributed by atoms with Crippen LogP contribution < -0.4 is 21.9 Å². The number of carbonyl (C=O) groups excluding carboxylic acids is 1. The van der Waals surface area contributed by atoms with Crippen molar-refractivity contribution < 1.29 is 4.79 Å². The lowest BCUT2D eigenvalue weighted by Crippen LogP contribution is -2.22. The Kier molecular flexibility index (Phi) is 5.05. The van der Waals surface area contributed by atoms with Crippen LogP contribution in [0.4, 0.5) is 11.6 Å². The third-order valence-corrected chi connectivity index (χ3v) is 2.48. The molecule has 0 atom stereocenters. The Labute approximate surface area is 113 Å². The second-order valence-corrected chi connectivity index (χ2v) is 5.21. The lowest BCUT2D eigenvalue weighted by atomic mass is 9.96. The van der Waals surface area contributed by atoms with Crippen LogP contribution in [0.15, 0.2) is 6.07 Å². The van der Waals surface area contributed by atoms with Gasteiger partial charge in [-0.2, -0.15) is 0 Å². The number of nitrogens with one attached hydrogen (secondary N) is 3. The van der Waals surface area contributed by atoms with E-state index in [9.17, 15) is 4.79 Å². The van der Waals surface area contributed by atoms with E-state index in [0.717, 1.165) is 0 Å². The first-order valence-corrected chi connectivity index (χ1v) is 6.17.